The lowest BCUT2D eigenvalue weighted by atomic mass is 9.75. The van der Waals surface area contributed by atoms with Gasteiger partial charge in [0.15, 0.2) is 0 Å². The second-order valence-corrected chi connectivity index (χ2v) is 6.29. The van der Waals surface area contributed by atoms with Gasteiger partial charge in [0, 0.05) is 10.3 Å². The Kier molecular flexibility index (Phi) is 2.72. The summed E-state index contributed by atoms with van der Waals surface area (Å²) in [5.74, 6) is 0.629. The van der Waals surface area contributed by atoms with E-state index >= 15 is 0 Å². The number of benzene rings is 1. The summed E-state index contributed by atoms with van der Waals surface area (Å²) < 4.78 is 1.27. The topological polar surface area (TPSA) is 20.2 Å². The fourth-order valence-electron chi connectivity index (χ4n) is 3.13. The largest absolute Gasteiger partial charge is 0.385 e. The maximum atomic E-state index is 10.9. The number of thiophene rings is 1. The highest BCUT2D eigenvalue weighted by Crippen LogP contribution is 2.43. The van der Waals surface area contributed by atoms with Crippen LogP contribution in [0.15, 0.2) is 29.6 Å². The molecule has 1 aromatic heterocycles. The Balaban J connectivity index is 2.10. The monoisotopic (exact) mass is 246 g/mol. The molecule has 1 saturated carbocycles. The van der Waals surface area contributed by atoms with E-state index in [1.54, 1.807) is 11.3 Å². The Morgan fingerprint density at radius 2 is 2.24 bits per heavy atom. The van der Waals surface area contributed by atoms with E-state index in [0.717, 1.165) is 24.8 Å². The first-order valence-corrected chi connectivity index (χ1v) is 7.26. The van der Waals surface area contributed by atoms with Gasteiger partial charge in [0.25, 0.3) is 0 Å². The Bertz CT molecular complexity index is 530. The van der Waals surface area contributed by atoms with Crippen molar-refractivity contribution in [3.63, 3.8) is 0 Å². The number of aliphatic hydroxyl groups is 1. The lowest BCUT2D eigenvalue weighted by Gasteiger charge is -2.36. The van der Waals surface area contributed by atoms with Gasteiger partial charge >= 0.3 is 0 Å². The van der Waals surface area contributed by atoms with Gasteiger partial charge in [-0.3, -0.25) is 0 Å². The molecule has 0 saturated heterocycles. The molecule has 90 valence electrons. The van der Waals surface area contributed by atoms with E-state index in [1.807, 2.05) is 0 Å². The van der Waals surface area contributed by atoms with Crippen LogP contribution in [-0.2, 0) is 5.60 Å². The summed E-state index contributed by atoms with van der Waals surface area (Å²) in [7, 11) is 0. The molecule has 2 heteroatoms. The molecule has 1 aliphatic carbocycles. The van der Waals surface area contributed by atoms with Crippen LogP contribution in [0.25, 0.3) is 10.1 Å². The average Bonchev–Trinajstić information content (AvgIpc) is 2.76. The molecule has 2 unspecified atom stereocenters. The van der Waals surface area contributed by atoms with Crippen LogP contribution in [0.1, 0.15) is 38.2 Å². The van der Waals surface area contributed by atoms with Crippen LogP contribution < -0.4 is 0 Å². The number of fused-ring (bicyclic) bond motifs is 1. The van der Waals surface area contributed by atoms with Gasteiger partial charge < -0.3 is 5.11 Å². The molecule has 2 aromatic rings. The number of rotatable bonds is 1. The van der Waals surface area contributed by atoms with Crippen LogP contribution in [0.3, 0.4) is 0 Å². The highest BCUT2D eigenvalue weighted by Gasteiger charge is 2.35. The summed E-state index contributed by atoms with van der Waals surface area (Å²) in [5.41, 5.74) is 0.554. The zero-order chi connectivity index (χ0) is 11.9. The minimum Gasteiger partial charge on any atom is -0.385 e. The SMILES string of the molecule is CC1CCCC(O)(c2cccc3ccsc23)C1. The summed E-state index contributed by atoms with van der Waals surface area (Å²) >= 11 is 1.75. The maximum absolute atomic E-state index is 10.9. The molecule has 0 bridgehead atoms. The van der Waals surface area contributed by atoms with Crippen molar-refractivity contribution in [3.8, 4) is 0 Å². The second kappa shape index (κ2) is 4.11. The van der Waals surface area contributed by atoms with Crippen molar-refractivity contribution in [1.82, 2.24) is 0 Å². The van der Waals surface area contributed by atoms with Crippen molar-refractivity contribution in [2.45, 2.75) is 38.2 Å². The summed E-state index contributed by atoms with van der Waals surface area (Å²) in [6, 6.07) is 8.45. The van der Waals surface area contributed by atoms with Gasteiger partial charge in [0.05, 0.1) is 5.60 Å². The normalized spacial score (nSPS) is 29.6. The van der Waals surface area contributed by atoms with Crippen LogP contribution in [-0.4, -0.2) is 5.11 Å². The molecule has 1 N–H and O–H groups in total. The van der Waals surface area contributed by atoms with Gasteiger partial charge in [-0.25, -0.2) is 0 Å². The third-order valence-electron chi connectivity index (χ3n) is 3.95. The zero-order valence-electron chi connectivity index (χ0n) is 10.1. The lowest BCUT2D eigenvalue weighted by molar-refractivity contribution is -0.0164. The standard InChI is InChI=1S/C15H18OS/c1-11-4-3-8-15(16,10-11)13-6-2-5-12-7-9-17-14(12)13/h2,5-7,9,11,16H,3-4,8,10H2,1H3. The number of hydrogen-bond donors (Lipinski definition) is 1. The molecule has 0 radical (unpaired) electrons. The van der Waals surface area contributed by atoms with Gasteiger partial charge in [-0.1, -0.05) is 31.5 Å². The molecule has 0 aliphatic heterocycles. The molecule has 0 amide bonds. The van der Waals surface area contributed by atoms with Crippen LogP contribution in [0.4, 0.5) is 0 Å². The fraction of sp³-hybridized carbons (Fsp3) is 0.467. The maximum Gasteiger partial charge on any atom is 0.0912 e. The predicted molar refractivity (Wildman–Crippen MR) is 73.4 cm³/mol. The van der Waals surface area contributed by atoms with E-state index in [4.69, 9.17) is 0 Å². The molecule has 1 heterocycles. The van der Waals surface area contributed by atoms with E-state index in [-0.39, 0.29) is 0 Å². The minimum atomic E-state index is -0.595. The molecular formula is C15H18OS. The minimum absolute atomic E-state index is 0.595. The van der Waals surface area contributed by atoms with Crippen LogP contribution in [0.5, 0.6) is 0 Å². The molecule has 3 rings (SSSR count). The highest BCUT2D eigenvalue weighted by atomic mass is 32.1. The van der Waals surface area contributed by atoms with Gasteiger partial charge in [-0.05, 0) is 42.0 Å². The van der Waals surface area contributed by atoms with Crippen molar-refractivity contribution in [2.75, 3.05) is 0 Å². The molecule has 17 heavy (non-hydrogen) atoms. The van der Waals surface area contributed by atoms with Gasteiger partial charge in [0.2, 0.25) is 0 Å². The van der Waals surface area contributed by atoms with Gasteiger partial charge in [-0.2, -0.15) is 0 Å². The lowest BCUT2D eigenvalue weighted by Crippen LogP contribution is -2.31. The second-order valence-electron chi connectivity index (χ2n) is 5.38. The van der Waals surface area contributed by atoms with Crippen molar-refractivity contribution < 1.29 is 5.11 Å². The van der Waals surface area contributed by atoms with E-state index < -0.39 is 5.60 Å². The third-order valence-corrected chi connectivity index (χ3v) is 4.92. The van der Waals surface area contributed by atoms with Gasteiger partial charge in [0.1, 0.15) is 0 Å². The first-order chi connectivity index (χ1) is 8.19. The summed E-state index contributed by atoms with van der Waals surface area (Å²) in [5, 5.41) is 14.3. The molecule has 1 nitrogen and oxygen atoms in total. The molecule has 1 aliphatic rings. The fourth-order valence-corrected chi connectivity index (χ4v) is 4.14. The van der Waals surface area contributed by atoms with E-state index in [1.165, 1.54) is 16.5 Å². The predicted octanol–water partition coefficient (Wildman–Crippen LogP) is 4.30. The Labute approximate surface area is 106 Å². The quantitative estimate of drug-likeness (QED) is 0.795. The van der Waals surface area contributed by atoms with Crippen molar-refractivity contribution in [2.24, 2.45) is 5.92 Å². The Hall–Kier alpha value is -0.860. The van der Waals surface area contributed by atoms with E-state index in [0.29, 0.717) is 5.92 Å². The van der Waals surface area contributed by atoms with E-state index in [2.05, 4.69) is 36.6 Å². The van der Waals surface area contributed by atoms with Crippen LogP contribution >= 0.6 is 11.3 Å². The third kappa shape index (κ3) is 1.90. The highest BCUT2D eigenvalue weighted by molar-refractivity contribution is 7.17. The molecular weight excluding hydrogens is 228 g/mol. The van der Waals surface area contributed by atoms with Crippen LogP contribution in [0, 0.1) is 5.92 Å². The summed E-state index contributed by atoms with van der Waals surface area (Å²) in [6.07, 6.45) is 4.21. The average molecular weight is 246 g/mol. The van der Waals surface area contributed by atoms with Gasteiger partial charge in [-0.15, -0.1) is 11.3 Å². The number of hydrogen-bond acceptors (Lipinski definition) is 2. The molecule has 1 fully saturated rings. The molecule has 0 spiro atoms. The van der Waals surface area contributed by atoms with Crippen LogP contribution in [0.2, 0.25) is 0 Å². The molecule has 2 atom stereocenters. The zero-order valence-corrected chi connectivity index (χ0v) is 11.0. The van der Waals surface area contributed by atoms with Crippen molar-refractivity contribution in [3.05, 3.63) is 35.2 Å². The first-order valence-electron chi connectivity index (χ1n) is 6.38. The van der Waals surface area contributed by atoms with Crippen molar-refractivity contribution in [1.29, 1.82) is 0 Å². The summed E-state index contributed by atoms with van der Waals surface area (Å²) in [6.45, 7) is 2.25. The summed E-state index contributed by atoms with van der Waals surface area (Å²) in [4.78, 5) is 0. The Morgan fingerprint density at radius 1 is 1.35 bits per heavy atom. The van der Waals surface area contributed by atoms with Crippen molar-refractivity contribution >= 4 is 21.4 Å². The smallest absolute Gasteiger partial charge is 0.0912 e. The Morgan fingerprint density at radius 3 is 3.06 bits per heavy atom. The molecule has 1 aromatic carbocycles. The first kappa shape index (κ1) is 11.2. The van der Waals surface area contributed by atoms with E-state index in [9.17, 15) is 5.11 Å².